The van der Waals surface area contributed by atoms with E-state index in [4.69, 9.17) is 9.84 Å². The molecule has 0 saturated carbocycles. The molecule has 0 radical (unpaired) electrons. The second-order valence-corrected chi connectivity index (χ2v) is 7.32. The number of carbonyl (C=O) groups excluding carboxylic acids is 3. The van der Waals surface area contributed by atoms with Crippen LogP contribution in [-0.2, 0) is 29.5 Å². The summed E-state index contributed by atoms with van der Waals surface area (Å²) in [6, 6.07) is 6.45. The summed E-state index contributed by atoms with van der Waals surface area (Å²) in [5, 5.41) is 15.1. The zero-order chi connectivity index (χ0) is 20.1. The fourth-order valence-corrected chi connectivity index (χ4v) is 4.75. The predicted octanol–water partition coefficient (Wildman–Crippen LogP) is -0.0818. The fraction of sp³-hybridized carbons (Fsp3) is 0.474. The first-order chi connectivity index (χ1) is 13.4. The Morgan fingerprint density at radius 2 is 2.00 bits per heavy atom. The van der Waals surface area contributed by atoms with Crippen LogP contribution >= 0.6 is 0 Å². The maximum absolute atomic E-state index is 13.2. The van der Waals surface area contributed by atoms with Crippen LogP contribution in [0, 0.1) is 11.8 Å². The molecule has 0 aliphatic carbocycles. The average molecular weight is 387 g/mol. The second-order valence-electron chi connectivity index (χ2n) is 7.32. The number of nitrogens with one attached hydrogen (secondary N) is 2. The van der Waals surface area contributed by atoms with E-state index in [1.54, 1.807) is 24.3 Å². The SMILES string of the molecule is COCCN1C(=O)[C@@H]2C(CCC(=O)O)NC3(C(=O)Nc4ccccc43)[C@@H]2C1=O. The first-order valence-corrected chi connectivity index (χ1v) is 9.16. The highest BCUT2D eigenvalue weighted by Crippen LogP contribution is 2.53. The van der Waals surface area contributed by atoms with Crippen molar-refractivity contribution in [3.63, 3.8) is 0 Å². The van der Waals surface area contributed by atoms with Crippen LogP contribution in [-0.4, -0.2) is 60.0 Å². The van der Waals surface area contributed by atoms with Gasteiger partial charge >= 0.3 is 5.97 Å². The van der Waals surface area contributed by atoms with Crippen molar-refractivity contribution in [3.8, 4) is 0 Å². The summed E-state index contributed by atoms with van der Waals surface area (Å²) in [6.45, 7) is 0.298. The van der Waals surface area contributed by atoms with Crippen LogP contribution in [0.3, 0.4) is 0 Å². The number of aliphatic carboxylic acids is 1. The summed E-state index contributed by atoms with van der Waals surface area (Å²) in [4.78, 5) is 51.6. The van der Waals surface area contributed by atoms with Crippen LogP contribution < -0.4 is 10.6 Å². The molecular weight excluding hydrogens is 366 g/mol. The molecule has 1 aromatic rings. The third kappa shape index (κ3) is 2.46. The van der Waals surface area contributed by atoms with Crippen molar-refractivity contribution in [2.45, 2.75) is 24.4 Å². The number of benzene rings is 1. The summed E-state index contributed by atoms with van der Waals surface area (Å²) in [5.41, 5.74) is -0.172. The summed E-state index contributed by atoms with van der Waals surface area (Å²) in [6.07, 6.45) is -0.0232. The highest BCUT2D eigenvalue weighted by atomic mass is 16.5. The van der Waals surface area contributed by atoms with E-state index in [1.807, 2.05) is 0 Å². The molecule has 148 valence electrons. The predicted molar refractivity (Wildman–Crippen MR) is 96.1 cm³/mol. The molecule has 1 spiro atoms. The van der Waals surface area contributed by atoms with Crippen molar-refractivity contribution in [1.82, 2.24) is 10.2 Å². The molecule has 2 saturated heterocycles. The van der Waals surface area contributed by atoms with Crippen LogP contribution in [0.25, 0.3) is 0 Å². The molecule has 3 aliphatic rings. The second kappa shape index (κ2) is 6.68. The van der Waals surface area contributed by atoms with E-state index in [9.17, 15) is 19.2 Å². The topological polar surface area (TPSA) is 125 Å². The smallest absolute Gasteiger partial charge is 0.303 e. The molecule has 3 aliphatic heterocycles. The summed E-state index contributed by atoms with van der Waals surface area (Å²) >= 11 is 0. The number of likely N-dealkylation sites (tertiary alicyclic amines) is 1. The molecule has 0 bridgehead atoms. The highest BCUT2D eigenvalue weighted by Gasteiger charge is 2.70. The summed E-state index contributed by atoms with van der Waals surface area (Å²) in [5.74, 6) is -3.91. The van der Waals surface area contributed by atoms with Gasteiger partial charge < -0.3 is 15.2 Å². The number of imide groups is 1. The van der Waals surface area contributed by atoms with Crippen LogP contribution in [0.1, 0.15) is 18.4 Å². The van der Waals surface area contributed by atoms with Crippen LogP contribution in [0.5, 0.6) is 0 Å². The van der Waals surface area contributed by atoms with Gasteiger partial charge in [-0.1, -0.05) is 18.2 Å². The number of hydrogen-bond acceptors (Lipinski definition) is 6. The largest absolute Gasteiger partial charge is 0.481 e. The minimum Gasteiger partial charge on any atom is -0.481 e. The number of carboxylic acids is 1. The van der Waals surface area contributed by atoms with Gasteiger partial charge in [0.25, 0.3) is 0 Å². The van der Waals surface area contributed by atoms with Crippen molar-refractivity contribution in [2.24, 2.45) is 11.8 Å². The number of anilines is 1. The number of ether oxygens (including phenoxy) is 1. The van der Waals surface area contributed by atoms with Gasteiger partial charge in [-0.15, -0.1) is 0 Å². The number of methoxy groups -OCH3 is 1. The van der Waals surface area contributed by atoms with E-state index < -0.39 is 41.2 Å². The number of hydrogen-bond donors (Lipinski definition) is 3. The van der Waals surface area contributed by atoms with Gasteiger partial charge in [-0.2, -0.15) is 0 Å². The lowest BCUT2D eigenvalue weighted by Crippen LogP contribution is -2.53. The van der Waals surface area contributed by atoms with Gasteiger partial charge in [-0.25, -0.2) is 0 Å². The van der Waals surface area contributed by atoms with Crippen molar-refractivity contribution in [2.75, 3.05) is 25.6 Å². The van der Waals surface area contributed by atoms with Crippen LogP contribution in [0.4, 0.5) is 5.69 Å². The van der Waals surface area contributed by atoms with E-state index >= 15 is 0 Å². The molecule has 9 nitrogen and oxygen atoms in total. The van der Waals surface area contributed by atoms with Gasteiger partial charge in [0.05, 0.1) is 25.0 Å². The Bertz CT molecular complexity index is 871. The lowest BCUT2D eigenvalue weighted by atomic mass is 9.76. The molecule has 3 heterocycles. The molecule has 4 rings (SSSR count). The Hall–Kier alpha value is -2.78. The van der Waals surface area contributed by atoms with Crippen molar-refractivity contribution in [1.29, 1.82) is 0 Å². The summed E-state index contributed by atoms with van der Waals surface area (Å²) < 4.78 is 5.00. The lowest BCUT2D eigenvalue weighted by Gasteiger charge is -2.29. The van der Waals surface area contributed by atoms with E-state index in [0.29, 0.717) is 11.3 Å². The number of fused-ring (bicyclic) bond motifs is 4. The Morgan fingerprint density at radius 1 is 1.25 bits per heavy atom. The van der Waals surface area contributed by atoms with Gasteiger partial charge in [-0.05, 0) is 12.5 Å². The minimum atomic E-state index is -1.38. The monoisotopic (exact) mass is 387 g/mol. The molecule has 28 heavy (non-hydrogen) atoms. The highest BCUT2D eigenvalue weighted by molar-refractivity contribution is 6.15. The molecule has 1 aromatic carbocycles. The van der Waals surface area contributed by atoms with Crippen molar-refractivity contribution >= 4 is 29.4 Å². The summed E-state index contributed by atoms with van der Waals surface area (Å²) in [7, 11) is 1.48. The third-order valence-electron chi connectivity index (χ3n) is 5.90. The van der Waals surface area contributed by atoms with E-state index in [0.717, 1.165) is 4.90 Å². The maximum atomic E-state index is 13.2. The first kappa shape index (κ1) is 18.6. The number of carboxylic acid groups (broad SMARTS) is 1. The van der Waals surface area contributed by atoms with Crippen molar-refractivity contribution in [3.05, 3.63) is 29.8 Å². The van der Waals surface area contributed by atoms with Gasteiger partial charge in [0.2, 0.25) is 17.7 Å². The normalized spacial score (nSPS) is 30.7. The number of rotatable bonds is 6. The van der Waals surface area contributed by atoms with Gasteiger partial charge in [0.1, 0.15) is 5.54 Å². The quantitative estimate of drug-likeness (QED) is 0.583. The standard InChI is InChI=1S/C19H21N3O6/c1-28-9-8-22-16(25)14-12(6-7-13(23)24)21-19(15(14)17(22)26)10-4-2-3-5-11(10)20-18(19)27/h2-5,12,14-15,21H,6-9H2,1H3,(H,20,27)(H,23,24)/t12?,14-,15+,19?/m1/s1. The van der Waals surface area contributed by atoms with E-state index in [-0.39, 0.29) is 31.9 Å². The average Bonchev–Trinajstić information content (AvgIpc) is 3.24. The molecule has 4 atom stereocenters. The Balaban J connectivity index is 1.79. The Labute approximate surface area is 161 Å². The maximum Gasteiger partial charge on any atom is 0.303 e. The Morgan fingerprint density at radius 3 is 2.71 bits per heavy atom. The Kier molecular flexibility index (Phi) is 4.43. The molecule has 9 heteroatoms. The third-order valence-corrected chi connectivity index (χ3v) is 5.90. The number of nitrogens with zero attached hydrogens (tertiary/aromatic N) is 1. The molecule has 0 aromatic heterocycles. The number of amides is 3. The first-order valence-electron chi connectivity index (χ1n) is 9.16. The molecule has 3 N–H and O–H groups in total. The molecule has 2 fully saturated rings. The van der Waals surface area contributed by atoms with Gasteiger partial charge in [-0.3, -0.25) is 29.4 Å². The molecule has 3 amide bonds. The van der Waals surface area contributed by atoms with Crippen molar-refractivity contribution < 1.29 is 29.0 Å². The molecular formula is C19H21N3O6. The number of para-hydroxylation sites is 1. The van der Waals surface area contributed by atoms with Crippen LogP contribution in [0.15, 0.2) is 24.3 Å². The number of carbonyl (C=O) groups is 4. The zero-order valence-corrected chi connectivity index (χ0v) is 15.3. The van der Waals surface area contributed by atoms with Crippen LogP contribution in [0.2, 0.25) is 0 Å². The zero-order valence-electron chi connectivity index (χ0n) is 15.3. The van der Waals surface area contributed by atoms with Gasteiger partial charge in [0.15, 0.2) is 0 Å². The minimum absolute atomic E-state index is 0.103. The fourth-order valence-electron chi connectivity index (χ4n) is 4.75. The van der Waals surface area contributed by atoms with E-state index in [2.05, 4.69) is 10.6 Å². The molecule has 2 unspecified atom stereocenters. The lowest BCUT2D eigenvalue weighted by molar-refractivity contribution is -0.144. The van der Waals surface area contributed by atoms with E-state index in [1.165, 1.54) is 7.11 Å². The van der Waals surface area contributed by atoms with Gasteiger partial charge in [0, 0.05) is 30.8 Å².